The predicted octanol–water partition coefficient (Wildman–Crippen LogP) is 2.03. The number of nitrogens with one attached hydrogen (secondary N) is 1. The Morgan fingerprint density at radius 2 is 1.56 bits per heavy atom. The van der Waals surface area contributed by atoms with Crippen molar-refractivity contribution in [3.8, 4) is 0 Å². The zero-order valence-electron chi connectivity index (χ0n) is 15.6. The SMILES string of the molecule is CCCN(CCC)C(=O)C(=O)Nc1ccc(N2CCN(C)CC2)cc1. The lowest BCUT2D eigenvalue weighted by molar-refractivity contribution is -0.143. The fraction of sp³-hybridized carbons (Fsp3) is 0.579. The van der Waals surface area contributed by atoms with Crippen LogP contribution in [0.2, 0.25) is 0 Å². The number of anilines is 2. The molecular formula is C19H30N4O2. The number of hydrogen-bond donors (Lipinski definition) is 1. The van der Waals surface area contributed by atoms with Crippen molar-refractivity contribution in [2.45, 2.75) is 26.7 Å². The van der Waals surface area contributed by atoms with Gasteiger partial charge in [-0.15, -0.1) is 0 Å². The number of likely N-dealkylation sites (N-methyl/N-ethyl adjacent to an activating group) is 1. The van der Waals surface area contributed by atoms with Crippen LogP contribution in [0.5, 0.6) is 0 Å². The van der Waals surface area contributed by atoms with E-state index in [0.29, 0.717) is 18.8 Å². The van der Waals surface area contributed by atoms with E-state index >= 15 is 0 Å². The summed E-state index contributed by atoms with van der Waals surface area (Å²) in [6, 6.07) is 7.73. The van der Waals surface area contributed by atoms with Crippen molar-refractivity contribution < 1.29 is 9.59 Å². The van der Waals surface area contributed by atoms with E-state index in [-0.39, 0.29) is 0 Å². The minimum atomic E-state index is -0.561. The van der Waals surface area contributed by atoms with Crippen LogP contribution >= 0.6 is 0 Å². The zero-order chi connectivity index (χ0) is 18.2. The average molecular weight is 346 g/mol. The van der Waals surface area contributed by atoms with Gasteiger partial charge in [-0.25, -0.2) is 0 Å². The maximum Gasteiger partial charge on any atom is 0.313 e. The molecule has 2 rings (SSSR count). The summed E-state index contributed by atoms with van der Waals surface area (Å²) >= 11 is 0. The second-order valence-electron chi connectivity index (χ2n) is 6.58. The van der Waals surface area contributed by atoms with Gasteiger partial charge in [-0.2, -0.15) is 0 Å². The summed E-state index contributed by atoms with van der Waals surface area (Å²) in [6.45, 7) is 9.35. The Labute approximate surface area is 150 Å². The predicted molar refractivity (Wildman–Crippen MR) is 102 cm³/mol. The molecule has 1 aliphatic heterocycles. The highest BCUT2D eigenvalue weighted by Gasteiger charge is 2.21. The lowest BCUT2D eigenvalue weighted by Crippen LogP contribution is -2.44. The number of nitrogens with zero attached hydrogens (tertiary/aromatic N) is 3. The summed E-state index contributed by atoms with van der Waals surface area (Å²) in [5.74, 6) is -1.01. The van der Waals surface area contributed by atoms with E-state index in [1.807, 2.05) is 38.1 Å². The largest absolute Gasteiger partial charge is 0.369 e. The lowest BCUT2D eigenvalue weighted by Gasteiger charge is -2.34. The van der Waals surface area contributed by atoms with Crippen LogP contribution < -0.4 is 10.2 Å². The van der Waals surface area contributed by atoms with E-state index < -0.39 is 11.8 Å². The van der Waals surface area contributed by atoms with E-state index in [1.165, 1.54) is 0 Å². The molecule has 0 spiro atoms. The topological polar surface area (TPSA) is 55.9 Å². The molecule has 0 aromatic heterocycles. The van der Waals surface area contributed by atoms with Crippen molar-refractivity contribution in [1.82, 2.24) is 9.80 Å². The summed E-state index contributed by atoms with van der Waals surface area (Å²) in [7, 11) is 2.13. The van der Waals surface area contributed by atoms with Gasteiger partial charge < -0.3 is 20.0 Å². The molecule has 0 bridgehead atoms. The quantitative estimate of drug-likeness (QED) is 0.801. The molecule has 138 valence electrons. The Morgan fingerprint density at radius 1 is 1.00 bits per heavy atom. The summed E-state index contributed by atoms with van der Waals surface area (Å²) in [5.41, 5.74) is 1.81. The minimum Gasteiger partial charge on any atom is -0.369 e. The fourth-order valence-corrected chi connectivity index (χ4v) is 3.00. The third-order valence-corrected chi connectivity index (χ3v) is 4.46. The van der Waals surface area contributed by atoms with Crippen LogP contribution in [-0.2, 0) is 9.59 Å². The van der Waals surface area contributed by atoms with Gasteiger partial charge in [0.1, 0.15) is 0 Å². The number of piperazine rings is 1. The molecule has 1 N–H and O–H groups in total. The fourth-order valence-electron chi connectivity index (χ4n) is 3.00. The highest BCUT2D eigenvalue weighted by molar-refractivity contribution is 6.39. The Kier molecular flexibility index (Phi) is 7.25. The number of hydrogen-bond acceptors (Lipinski definition) is 4. The molecule has 6 heteroatoms. The van der Waals surface area contributed by atoms with Gasteiger partial charge >= 0.3 is 11.8 Å². The molecule has 6 nitrogen and oxygen atoms in total. The van der Waals surface area contributed by atoms with Crippen molar-refractivity contribution >= 4 is 23.2 Å². The van der Waals surface area contributed by atoms with Gasteiger partial charge in [-0.1, -0.05) is 13.8 Å². The number of rotatable bonds is 6. The van der Waals surface area contributed by atoms with Gasteiger partial charge in [0.25, 0.3) is 0 Å². The molecule has 1 aliphatic rings. The molecule has 1 aromatic rings. The third kappa shape index (κ3) is 5.46. The molecule has 0 saturated carbocycles. The first-order valence-electron chi connectivity index (χ1n) is 9.19. The van der Waals surface area contributed by atoms with Crippen LogP contribution in [0.1, 0.15) is 26.7 Å². The first kappa shape index (κ1) is 19.2. The Balaban J connectivity index is 1.93. The molecule has 0 unspecified atom stereocenters. The van der Waals surface area contributed by atoms with Gasteiger partial charge in [0.2, 0.25) is 0 Å². The smallest absolute Gasteiger partial charge is 0.313 e. The maximum atomic E-state index is 12.3. The van der Waals surface area contributed by atoms with Crippen molar-refractivity contribution in [2.75, 3.05) is 56.5 Å². The second-order valence-corrected chi connectivity index (χ2v) is 6.58. The number of carbonyl (C=O) groups excluding carboxylic acids is 2. The summed E-state index contributed by atoms with van der Waals surface area (Å²) in [6.07, 6.45) is 1.69. The van der Waals surface area contributed by atoms with E-state index in [9.17, 15) is 9.59 Å². The highest BCUT2D eigenvalue weighted by Crippen LogP contribution is 2.19. The number of amides is 2. The molecule has 1 fully saturated rings. The van der Waals surface area contributed by atoms with Crippen molar-refractivity contribution in [2.24, 2.45) is 0 Å². The minimum absolute atomic E-state index is 0.452. The van der Waals surface area contributed by atoms with Crippen molar-refractivity contribution in [1.29, 1.82) is 0 Å². The molecule has 2 amide bonds. The lowest BCUT2D eigenvalue weighted by atomic mass is 10.2. The van der Waals surface area contributed by atoms with Crippen molar-refractivity contribution in [3.63, 3.8) is 0 Å². The van der Waals surface area contributed by atoms with Gasteiger partial charge in [0.15, 0.2) is 0 Å². The first-order valence-corrected chi connectivity index (χ1v) is 9.19. The second kappa shape index (κ2) is 9.42. The van der Waals surface area contributed by atoms with E-state index in [1.54, 1.807) is 4.90 Å². The van der Waals surface area contributed by atoms with Crippen LogP contribution in [0, 0.1) is 0 Å². The Bertz CT molecular complexity index is 559. The van der Waals surface area contributed by atoms with Gasteiger partial charge in [0.05, 0.1) is 0 Å². The molecule has 1 saturated heterocycles. The summed E-state index contributed by atoms with van der Waals surface area (Å²) < 4.78 is 0. The molecule has 25 heavy (non-hydrogen) atoms. The van der Waals surface area contributed by atoms with Gasteiger partial charge in [-0.3, -0.25) is 9.59 Å². The van der Waals surface area contributed by atoms with E-state index in [2.05, 4.69) is 22.2 Å². The first-order chi connectivity index (χ1) is 12.0. The monoisotopic (exact) mass is 346 g/mol. The van der Waals surface area contributed by atoms with Crippen LogP contribution in [0.15, 0.2) is 24.3 Å². The average Bonchev–Trinajstić information content (AvgIpc) is 2.62. The van der Waals surface area contributed by atoms with Gasteiger partial charge in [-0.05, 0) is 44.2 Å². The van der Waals surface area contributed by atoms with Crippen LogP contribution in [-0.4, -0.2) is 67.9 Å². The maximum absolute atomic E-state index is 12.3. The normalized spacial score (nSPS) is 15.1. The molecular weight excluding hydrogens is 316 g/mol. The Morgan fingerprint density at radius 3 is 2.08 bits per heavy atom. The standard InChI is InChI=1S/C19H30N4O2/c1-4-10-23(11-5-2)19(25)18(24)20-16-6-8-17(9-7-16)22-14-12-21(3)13-15-22/h6-9H,4-5,10-15H2,1-3H3,(H,20,24). The molecule has 0 radical (unpaired) electrons. The van der Waals surface area contributed by atoms with E-state index in [0.717, 1.165) is 44.7 Å². The number of carbonyl (C=O) groups is 2. The Hall–Kier alpha value is -2.08. The molecule has 1 heterocycles. The van der Waals surface area contributed by atoms with Gasteiger partial charge in [0, 0.05) is 50.6 Å². The van der Waals surface area contributed by atoms with Crippen LogP contribution in [0.3, 0.4) is 0 Å². The summed E-state index contributed by atoms with van der Waals surface area (Å²) in [4.78, 5) is 30.7. The van der Waals surface area contributed by atoms with E-state index in [4.69, 9.17) is 0 Å². The molecule has 0 atom stereocenters. The van der Waals surface area contributed by atoms with Crippen molar-refractivity contribution in [3.05, 3.63) is 24.3 Å². The van der Waals surface area contributed by atoms with Crippen LogP contribution in [0.4, 0.5) is 11.4 Å². The summed E-state index contributed by atoms with van der Waals surface area (Å²) in [5, 5.41) is 2.72. The highest BCUT2D eigenvalue weighted by atomic mass is 16.2. The number of benzene rings is 1. The zero-order valence-corrected chi connectivity index (χ0v) is 15.6. The molecule has 0 aliphatic carbocycles. The third-order valence-electron chi connectivity index (χ3n) is 4.46. The molecule has 1 aromatic carbocycles. The van der Waals surface area contributed by atoms with Crippen LogP contribution in [0.25, 0.3) is 0 Å².